The quantitative estimate of drug-likeness (QED) is 0.890. The highest BCUT2D eigenvalue weighted by atomic mass is 35.5. The molecule has 0 amide bonds. The van der Waals surface area contributed by atoms with E-state index in [2.05, 4.69) is 18.9 Å². The first-order valence-electron chi connectivity index (χ1n) is 7.24. The molecule has 0 spiro atoms. The molecule has 0 saturated heterocycles. The van der Waals surface area contributed by atoms with E-state index in [9.17, 15) is 0 Å². The zero-order valence-electron chi connectivity index (χ0n) is 12.8. The Labute approximate surface area is 130 Å². The molecule has 0 aliphatic carbocycles. The van der Waals surface area contributed by atoms with Crippen LogP contribution in [0.15, 0.2) is 24.3 Å². The summed E-state index contributed by atoms with van der Waals surface area (Å²) in [5, 5.41) is 5.27. The van der Waals surface area contributed by atoms with Crippen molar-refractivity contribution < 1.29 is 4.74 Å². The van der Waals surface area contributed by atoms with Crippen LogP contribution in [0, 0.1) is 0 Å². The minimum absolute atomic E-state index is 0.176. The van der Waals surface area contributed by atoms with Crippen molar-refractivity contribution in [2.24, 2.45) is 5.73 Å². The third-order valence-corrected chi connectivity index (χ3v) is 4.08. The fourth-order valence-electron chi connectivity index (χ4n) is 2.50. The van der Waals surface area contributed by atoms with Gasteiger partial charge in [0.15, 0.2) is 0 Å². The second-order valence-corrected chi connectivity index (χ2v) is 5.31. The summed E-state index contributed by atoms with van der Waals surface area (Å²) in [7, 11) is 1.66. The van der Waals surface area contributed by atoms with Crippen LogP contribution in [0.4, 0.5) is 0 Å². The predicted molar refractivity (Wildman–Crippen MR) is 85.9 cm³/mol. The Bertz CT molecular complexity index is 610. The van der Waals surface area contributed by atoms with Crippen LogP contribution in [0.2, 0.25) is 5.02 Å². The van der Waals surface area contributed by atoms with Gasteiger partial charge in [-0.2, -0.15) is 5.10 Å². The van der Waals surface area contributed by atoms with Crippen molar-refractivity contribution in [1.82, 2.24) is 9.78 Å². The lowest BCUT2D eigenvalue weighted by molar-refractivity contribution is 0.405. The Kier molecular flexibility index (Phi) is 5.26. The number of halogens is 1. The number of nitrogens with two attached hydrogens (primary N) is 1. The number of benzene rings is 1. The summed E-state index contributed by atoms with van der Waals surface area (Å²) < 4.78 is 7.32. The fourth-order valence-corrected chi connectivity index (χ4v) is 2.85. The minimum Gasteiger partial charge on any atom is -0.496 e. The number of hydrogen-bond donors (Lipinski definition) is 1. The summed E-state index contributed by atoms with van der Waals surface area (Å²) in [5.41, 5.74) is 9.28. The van der Waals surface area contributed by atoms with Gasteiger partial charge in [-0.3, -0.25) is 4.68 Å². The smallest absolute Gasteiger partial charge is 0.123 e. The van der Waals surface area contributed by atoms with Gasteiger partial charge in [-0.25, -0.2) is 0 Å². The van der Waals surface area contributed by atoms with Crippen LogP contribution >= 0.6 is 11.6 Å². The lowest BCUT2D eigenvalue weighted by Crippen LogP contribution is -2.17. The first-order valence-corrected chi connectivity index (χ1v) is 7.62. The third-order valence-electron chi connectivity index (χ3n) is 3.65. The van der Waals surface area contributed by atoms with Gasteiger partial charge in [0.2, 0.25) is 0 Å². The Morgan fingerprint density at radius 3 is 2.67 bits per heavy atom. The molecule has 1 heterocycles. The van der Waals surface area contributed by atoms with Gasteiger partial charge < -0.3 is 10.5 Å². The number of nitrogens with zero attached hydrogens (tertiary/aromatic N) is 2. The summed E-state index contributed by atoms with van der Waals surface area (Å²) in [5.74, 6) is 0.805. The molecule has 1 aromatic carbocycles. The second-order valence-electron chi connectivity index (χ2n) is 4.93. The van der Waals surface area contributed by atoms with E-state index in [0.29, 0.717) is 6.42 Å². The van der Waals surface area contributed by atoms with Crippen LogP contribution in [0.1, 0.15) is 36.8 Å². The van der Waals surface area contributed by atoms with Crippen LogP contribution in [-0.4, -0.2) is 16.9 Å². The van der Waals surface area contributed by atoms with E-state index in [0.717, 1.165) is 40.7 Å². The van der Waals surface area contributed by atoms with Gasteiger partial charge in [0.1, 0.15) is 5.75 Å². The maximum atomic E-state index is 6.44. The van der Waals surface area contributed by atoms with Gasteiger partial charge in [0.25, 0.3) is 0 Å². The van der Waals surface area contributed by atoms with Gasteiger partial charge in [-0.05, 0) is 19.4 Å². The monoisotopic (exact) mass is 307 g/mol. The molecule has 0 fully saturated rings. The number of rotatable bonds is 6. The van der Waals surface area contributed by atoms with Gasteiger partial charge >= 0.3 is 0 Å². The molecule has 114 valence electrons. The number of methoxy groups -OCH3 is 1. The van der Waals surface area contributed by atoms with Crippen molar-refractivity contribution in [1.29, 1.82) is 0 Å². The molecule has 0 radical (unpaired) electrons. The van der Waals surface area contributed by atoms with Gasteiger partial charge in [-0.1, -0.05) is 36.7 Å². The van der Waals surface area contributed by atoms with E-state index in [-0.39, 0.29) is 6.04 Å². The molecule has 2 aromatic rings. The molecule has 2 N–H and O–H groups in total. The van der Waals surface area contributed by atoms with Gasteiger partial charge in [0.05, 0.1) is 23.5 Å². The average molecular weight is 308 g/mol. The molecule has 1 aromatic heterocycles. The van der Waals surface area contributed by atoms with Crippen LogP contribution < -0.4 is 10.5 Å². The van der Waals surface area contributed by atoms with Crippen molar-refractivity contribution in [2.45, 2.75) is 39.3 Å². The van der Waals surface area contributed by atoms with E-state index >= 15 is 0 Å². The topological polar surface area (TPSA) is 53.1 Å². The van der Waals surface area contributed by atoms with E-state index in [1.165, 1.54) is 0 Å². The first-order chi connectivity index (χ1) is 10.1. The highest BCUT2D eigenvalue weighted by molar-refractivity contribution is 6.31. The lowest BCUT2D eigenvalue weighted by atomic mass is 10.0. The second kappa shape index (κ2) is 6.96. The SMILES string of the molecule is CCc1nn(CC)c(CC(N)c2ccccc2OC)c1Cl. The summed E-state index contributed by atoms with van der Waals surface area (Å²) in [4.78, 5) is 0. The van der Waals surface area contributed by atoms with Gasteiger partial charge in [-0.15, -0.1) is 0 Å². The van der Waals surface area contributed by atoms with Crippen molar-refractivity contribution in [3.8, 4) is 5.75 Å². The summed E-state index contributed by atoms with van der Waals surface area (Å²) in [6.07, 6.45) is 1.46. The normalized spacial score (nSPS) is 12.4. The van der Waals surface area contributed by atoms with E-state index in [1.54, 1.807) is 7.11 Å². The van der Waals surface area contributed by atoms with Crippen LogP contribution in [0.3, 0.4) is 0 Å². The van der Waals surface area contributed by atoms with Crippen molar-refractivity contribution in [3.05, 3.63) is 46.2 Å². The zero-order valence-corrected chi connectivity index (χ0v) is 13.5. The van der Waals surface area contributed by atoms with Crippen molar-refractivity contribution in [2.75, 3.05) is 7.11 Å². The maximum Gasteiger partial charge on any atom is 0.123 e. The Morgan fingerprint density at radius 1 is 1.33 bits per heavy atom. The molecule has 5 heteroatoms. The molecular formula is C16H22ClN3O. The van der Waals surface area contributed by atoms with Crippen molar-refractivity contribution in [3.63, 3.8) is 0 Å². The summed E-state index contributed by atoms with van der Waals surface area (Å²) in [6.45, 7) is 4.90. The number of para-hydroxylation sites is 1. The number of hydrogen-bond acceptors (Lipinski definition) is 3. The molecular weight excluding hydrogens is 286 g/mol. The first kappa shape index (κ1) is 15.9. The average Bonchev–Trinajstić information content (AvgIpc) is 2.83. The highest BCUT2D eigenvalue weighted by Crippen LogP contribution is 2.29. The number of aryl methyl sites for hydroxylation is 2. The highest BCUT2D eigenvalue weighted by Gasteiger charge is 2.19. The van der Waals surface area contributed by atoms with Crippen molar-refractivity contribution >= 4 is 11.6 Å². The van der Waals surface area contributed by atoms with E-state index in [4.69, 9.17) is 22.1 Å². The van der Waals surface area contributed by atoms with Gasteiger partial charge in [0, 0.05) is 24.6 Å². The minimum atomic E-state index is -0.176. The van der Waals surface area contributed by atoms with Crippen LogP contribution in [0.25, 0.3) is 0 Å². The fraction of sp³-hybridized carbons (Fsp3) is 0.438. The molecule has 0 aliphatic rings. The Balaban J connectivity index is 2.31. The molecule has 2 rings (SSSR count). The standard InChI is InChI=1S/C16H22ClN3O/c1-4-13-16(17)14(20(5-2)19-13)10-12(18)11-8-6-7-9-15(11)21-3/h6-9,12H,4-5,10,18H2,1-3H3. The maximum absolute atomic E-state index is 6.44. The lowest BCUT2D eigenvalue weighted by Gasteiger charge is -2.16. The molecule has 0 saturated carbocycles. The molecule has 0 bridgehead atoms. The van der Waals surface area contributed by atoms with Crippen LogP contribution in [0.5, 0.6) is 5.75 Å². The Morgan fingerprint density at radius 2 is 2.05 bits per heavy atom. The molecule has 21 heavy (non-hydrogen) atoms. The summed E-state index contributed by atoms with van der Waals surface area (Å²) >= 11 is 6.44. The predicted octanol–water partition coefficient (Wildman–Crippen LogP) is 3.37. The number of aromatic nitrogens is 2. The Hall–Kier alpha value is -1.52. The van der Waals surface area contributed by atoms with Crippen LogP contribution in [-0.2, 0) is 19.4 Å². The molecule has 4 nitrogen and oxygen atoms in total. The number of ether oxygens (including phenoxy) is 1. The zero-order chi connectivity index (χ0) is 15.4. The third kappa shape index (κ3) is 3.22. The molecule has 1 unspecified atom stereocenters. The largest absolute Gasteiger partial charge is 0.496 e. The molecule has 1 atom stereocenters. The van der Waals surface area contributed by atoms with E-state index in [1.807, 2.05) is 28.9 Å². The summed E-state index contributed by atoms with van der Waals surface area (Å²) in [6, 6.07) is 7.64. The molecule has 0 aliphatic heterocycles. The van der Waals surface area contributed by atoms with E-state index < -0.39 is 0 Å².